The molecule has 1 atom stereocenters. The van der Waals surface area contributed by atoms with E-state index in [0.29, 0.717) is 18.7 Å². The molecule has 1 unspecified atom stereocenters. The molecular weight excluding hydrogens is 232 g/mol. The van der Waals surface area contributed by atoms with Crippen molar-refractivity contribution < 1.29 is 14.6 Å². The third-order valence-corrected chi connectivity index (χ3v) is 2.61. The standard InChI is InChI=1S/C13H20N2O3/c1-3-11(8-16)14-13(17)15-12-7-5-4-6-10(12)9-18-2/h4-7,11,16H,3,8-9H2,1-2H3,(H2,14,15,17). The van der Waals surface area contributed by atoms with Gasteiger partial charge in [-0.3, -0.25) is 0 Å². The largest absolute Gasteiger partial charge is 0.394 e. The topological polar surface area (TPSA) is 70.6 Å². The number of carbonyl (C=O) groups excluding carboxylic acids is 1. The minimum absolute atomic E-state index is 0.0658. The number of rotatable bonds is 6. The monoisotopic (exact) mass is 252 g/mol. The fourth-order valence-corrected chi connectivity index (χ4v) is 1.54. The maximum Gasteiger partial charge on any atom is 0.319 e. The zero-order valence-electron chi connectivity index (χ0n) is 10.8. The lowest BCUT2D eigenvalue weighted by atomic mass is 10.2. The fraction of sp³-hybridized carbons (Fsp3) is 0.462. The van der Waals surface area contributed by atoms with Crippen LogP contribution in [0.4, 0.5) is 10.5 Å². The molecule has 100 valence electrons. The quantitative estimate of drug-likeness (QED) is 0.722. The van der Waals surface area contributed by atoms with E-state index in [1.807, 2.05) is 31.2 Å². The molecule has 0 aliphatic heterocycles. The van der Waals surface area contributed by atoms with Gasteiger partial charge in [-0.15, -0.1) is 0 Å². The Hall–Kier alpha value is -1.59. The van der Waals surface area contributed by atoms with Gasteiger partial charge in [-0.1, -0.05) is 25.1 Å². The van der Waals surface area contributed by atoms with E-state index in [0.717, 1.165) is 5.56 Å². The predicted molar refractivity (Wildman–Crippen MR) is 70.5 cm³/mol. The molecule has 1 rings (SSSR count). The molecule has 0 aromatic heterocycles. The Balaban J connectivity index is 2.63. The molecular formula is C13H20N2O3. The van der Waals surface area contributed by atoms with E-state index in [4.69, 9.17) is 9.84 Å². The van der Waals surface area contributed by atoms with Crippen LogP contribution in [0.1, 0.15) is 18.9 Å². The van der Waals surface area contributed by atoms with Crippen molar-refractivity contribution in [3.8, 4) is 0 Å². The summed E-state index contributed by atoms with van der Waals surface area (Å²) in [5.74, 6) is 0. The van der Waals surface area contributed by atoms with Crippen molar-refractivity contribution in [2.75, 3.05) is 19.0 Å². The zero-order chi connectivity index (χ0) is 13.4. The van der Waals surface area contributed by atoms with Crippen molar-refractivity contribution >= 4 is 11.7 Å². The van der Waals surface area contributed by atoms with E-state index in [1.54, 1.807) is 7.11 Å². The lowest BCUT2D eigenvalue weighted by Gasteiger charge is -2.16. The van der Waals surface area contributed by atoms with Crippen LogP contribution in [0.5, 0.6) is 0 Å². The van der Waals surface area contributed by atoms with Crippen molar-refractivity contribution in [2.45, 2.75) is 26.0 Å². The van der Waals surface area contributed by atoms with Crippen molar-refractivity contribution in [1.29, 1.82) is 0 Å². The Bertz CT molecular complexity index is 378. The Kier molecular flexibility index (Phi) is 6.18. The third kappa shape index (κ3) is 4.35. The van der Waals surface area contributed by atoms with Gasteiger partial charge in [-0.25, -0.2) is 4.79 Å². The summed E-state index contributed by atoms with van der Waals surface area (Å²) in [6, 6.07) is 6.90. The van der Waals surface area contributed by atoms with Crippen molar-refractivity contribution in [2.24, 2.45) is 0 Å². The maximum atomic E-state index is 11.7. The average Bonchev–Trinajstić information content (AvgIpc) is 2.38. The summed E-state index contributed by atoms with van der Waals surface area (Å²) < 4.78 is 5.06. The van der Waals surface area contributed by atoms with Gasteiger partial charge in [0.05, 0.1) is 19.3 Å². The number of urea groups is 1. The number of para-hydroxylation sites is 1. The average molecular weight is 252 g/mol. The van der Waals surface area contributed by atoms with Gasteiger partial charge in [0.25, 0.3) is 0 Å². The van der Waals surface area contributed by atoms with Crippen LogP contribution in [0.25, 0.3) is 0 Å². The lowest BCUT2D eigenvalue weighted by Crippen LogP contribution is -2.39. The van der Waals surface area contributed by atoms with Crippen LogP contribution in [0.2, 0.25) is 0 Å². The first kappa shape index (κ1) is 14.5. The molecule has 0 saturated heterocycles. The third-order valence-electron chi connectivity index (χ3n) is 2.61. The second-order valence-corrected chi connectivity index (χ2v) is 3.98. The number of hydrogen-bond acceptors (Lipinski definition) is 3. The predicted octanol–water partition coefficient (Wildman–Crippen LogP) is 1.73. The van der Waals surface area contributed by atoms with Crippen LogP contribution in [0.15, 0.2) is 24.3 Å². The molecule has 0 bridgehead atoms. The minimum atomic E-state index is -0.320. The Morgan fingerprint density at radius 2 is 2.17 bits per heavy atom. The summed E-state index contributed by atoms with van der Waals surface area (Å²) in [4.78, 5) is 11.7. The number of anilines is 1. The lowest BCUT2D eigenvalue weighted by molar-refractivity contribution is 0.185. The number of aliphatic hydroxyl groups excluding tert-OH is 1. The second kappa shape index (κ2) is 7.68. The van der Waals surface area contributed by atoms with E-state index < -0.39 is 0 Å². The van der Waals surface area contributed by atoms with Gasteiger partial charge >= 0.3 is 6.03 Å². The van der Waals surface area contributed by atoms with E-state index in [9.17, 15) is 4.79 Å². The molecule has 0 aliphatic rings. The van der Waals surface area contributed by atoms with E-state index >= 15 is 0 Å². The van der Waals surface area contributed by atoms with Crippen molar-refractivity contribution in [3.63, 3.8) is 0 Å². The van der Waals surface area contributed by atoms with E-state index in [-0.39, 0.29) is 18.7 Å². The molecule has 5 nitrogen and oxygen atoms in total. The summed E-state index contributed by atoms with van der Waals surface area (Å²) in [5, 5.41) is 14.5. The Morgan fingerprint density at radius 3 is 2.78 bits per heavy atom. The highest BCUT2D eigenvalue weighted by Crippen LogP contribution is 2.15. The Morgan fingerprint density at radius 1 is 1.44 bits per heavy atom. The molecule has 1 aromatic carbocycles. The summed E-state index contributed by atoms with van der Waals surface area (Å²) in [6.07, 6.45) is 0.684. The number of methoxy groups -OCH3 is 1. The van der Waals surface area contributed by atoms with Crippen LogP contribution in [0.3, 0.4) is 0 Å². The number of hydrogen-bond donors (Lipinski definition) is 3. The maximum absolute atomic E-state index is 11.7. The second-order valence-electron chi connectivity index (χ2n) is 3.98. The molecule has 2 amide bonds. The number of carbonyl (C=O) groups is 1. The highest BCUT2D eigenvalue weighted by molar-refractivity contribution is 5.90. The highest BCUT2D eigenvalue weighted by atomic mass is 16.5. The first-order valence-corrected chi connectivity index (χ1v) is 5.96. The van der Waals surface area contributed by atoms with Crippen molar-refractivity contribution in [3.05, 3.63) is 29.8 Å². The van der Waals surface area contributed by atoms with Gasteiger partial charge in [0.15, 0.2) is 0 Å². The number of ether oxygens (including phenoxy) is 1. The molecule has 5 heteroatoms. The number of aliphatic hydroxyl groups is 1. The number of amides is 2. The van der Waals surface area contributed by atoms with Crippen LogP contribution in [-0.2, 0) is 11.3 Å². The summed E-state index contributed by atoms with van der Waals surface area (Å²) in [6.45, 7) is 2.28. The zero-order valence-corrected chi connectivity index (χ0v) is 10.8. The van der Waals surface area contributed by atoms with Gasteiger partial charge in [-0.05, 0) is 12.5 Å². The normalized spacial score (nSPS) is 11.9. The molecule has 18 heavy (non-hydrogen) atoms. The summed E-state index contributed by atoms with van der Waals surface area (Å²) >= 11 is 0. The molecule has 0 heterocycles. The molecule has 0 aliphatic carbocycles. The smallest absolute Gasteiger partial charge is 0.319 e. The van der Waals surface area contributed by atoms with Crippen LogP contribution >= 0.6 is 0 Å². The molecule has 0 fully saturated rings. The highest BCUT2D eigenvalue weighted by Gasteiger charge is 2.10. The summed E-state index contributed by atoms with van der Waals surface area (Å²) in [5.41, 5.74) is 1.62. The van der Waals surface area contributed by atoms with Crippen molar-refractivity contribution in [1.82, 2.24) is 5.32 Å². The summed E-state index contributed by atoms with van der Waals surface area (Å²) in [7, 11) is 1.61. The SMILES string of the molecule is CCC(CO)NC(=O)Nc1ccccc1COC. The van der Waals surface area contributed by atoms with E-state index in [1.165, 1.54) is 0 Å². The van der Waals surface area contributed by atoms with E-state index in [2.05, 4.69) is 10.6 Å². The molecule has 3 N–H and O–H groups in total. The van der Waals surface area contributed by atoms with Gasteiger partial charge in [0.1, 0.15) is 0 Å². The van der Waals surface area contributed by atoms with Gasteiger partial charge in [0, 0.05) is 18.4 Å². The fourth-order valence-electron chi connectivity index (χ4n) is 1.54. The van der Waals surface area contributed by atoms with Crippen LogP contribution in [0, 0.1) is 0 Å². The Labute approximate surface area is 107 Å². The van der Waals surface area contributed by atoms with Crippen LogP contribution in [-0.4, -0.2) is 30.9 Å². The van der Waals surface area contributed by atoms with Gasteiger partial charge in [0.2, 0.25) is 0 Å². The number of benzene rings is 1. The van der Waals surface area contributed by atoms with Gasteiger partial charge in [-0.2, -0.15) is 0 Å². The van der Waals surface area contributed by atoms with Gasteiger partial charge < -0.3 is 20.5 Å². The minimum Gasteiger partial charge on any atom is -0.394 e. The molecule has 1 aromatic rings. The number of nitrogens with one attached hydrogen (secondary N) is 2. The first-order chi connectivity index (χ1) is 8.71. The first-order valence-electron chi connectivity index (χ1n) is 5.96. The molecule has 0 spiro atoms. The molecule has 0 radical (unpaired) electrons. The molecule has 0 saturated carbocycles. The van der Waals surface area contributed by atoms with Crippen LogP contribution < -0.4 is 10.6 Å².